The first-order valence-corrected chi connectivity index (χ1v) is 13.4. The Morgan fingerprint density at radius 2 is 1.86 bits per heavy atom. The molecule has 2 atom stereocenters. The number of hydrogen-bond acceptors (Lipinski definition) is 8. The highest BCUT2D eigenvalue weighted by atomic mass is 32.2. The summed E-state index contributed by atoms with van der Waals surface area (Å²) in [5.41, 5.74) is 0.232. The minimum absolute atomic E-state index is 0.0894. The molecule has 0 radical (unpaired) electrons. The van der Waals surface area contributed by atoms with Crippen molar-refractivity contribution >= 4 is 33.7 Å². The quantitative estimate of drug-likeness (QED) is 0.509. The van der Waals surface area contributed by atoms with Crippen LogP contribution in [0.5, 0.6) is 0 Å². The molecule has 37 heavy (non-hydrogen) atoms. The second kappa shape index (κ2) is 11.0. The molecule has 1 aromatic carbocycles. The zero-order valence-corrected chi connectivity index (χ0v) is 22.8. The average molecular weight is 535 g/mol. The minimum Gasteiger partial charge on any atom is -0.467 e. The van der Waals surface area contributed by atoms with E-state index in [1.165, 1.54) is 36.7 Å². The molecule has 1 amide bonds. The lowest BCUT2D eigenvalue weighted by Crippen LogP contribution is -2.53. The Morgan fingerprint density at radius 1 is 1.22 bits per heavy atom. The first kappa shape index (κ1) is 28.3. The van der Waals surface area contributed by atoms with Gasteiger partial charge < -0.3 is 14.5 Å². The van der Waals surface area contributed by atoms with Crippen molar-refractivity contribution < 1.29 is 32.3 Å². The Labute approximate surface area is 217 Å². The maximum Gasteiger partial charge on any atom is 0.328 e. The fourth-order valence-electron chi connectivity index (χ4n) is 4.15. The van der Waals surface area contributed by atoms with Crippen LogP contribution in [-0.2, 0) is 40.3 Å². The molecule has 1 saturated heterocycles. The van der Waals surface area contributed by atoms with Crippen LogP contribution in [0.4, 0.5) is 5.82 Å². The lowest BCUT2D eigenvalue weighted by Gasteiger charge is -2.31. The van der Waals surface area contributed by atoms with Gasteiger partial charge in [0, 0.05) is 6.54 Å². The first-order valence-electron chi connectivity index (χ1n) is 12.0. The summed E-state index contributed by atoms with van der Waals surface area (Å²) in [6, 6.07) is 4.30. The summed E-state index contributed by atoms with van der Waals surface area (Å²) in [5, 5.41) is 0. The highest BCUT2D eigenvalue weighted by molar-refractivity contribution is 7.89. The molecule has 2 heterocycles. The molecule has 12 heteroatoms. The van der Waals surface area contributed by atoms with Crippen molar-refractivity contribution in [3.8, 4) is 0 Å². The number of amides is 1. The number of rotatable bonds is 8. The van der Waals surface area contributed by atoms with E-state index < -0.39 is 45.6 Å². The van der Waals surface area contributed by atoms with Crippen molar-refractivity contribution in [2.24, 2.45) is 0 Å². The Kier molecular flexibility index (Phi) is 8.43. The summed E-state index contributed by atoms with van der Waals surface area (Å²) in [6.07, 6.45) is 1.91. The van der Waals surface area contributed by atoms with Crippen molar-refractivity contribution in [1.82, 2.24) is 14.3 Å². The molecular weight excluding hydrogens is 500 g/mol. The lowest BCUT2D eigenvalue weighted by molar-refractivity contribution is -0.154. The van der Waals surface area contributed by atoms with Crippen LogP contribution in [0.1, 0.15) is 51.9 Å². The van der Waals surface area contributed by atoms with Crippen LogP contribution in [0.15, 0.2) is 35.4 Å². The number of hydrogen-bond donors (Lipinski definition) is 1. The zero-order valence-electron chi connectivity index (χ0n) is 22.0. The van der Waals surface area contributed by atoms with E-state index in [4.69, 9.17) is 9.47 Å². The van der Waals surface area contributed by atoms with Crippen molar-refractivity contribution in [1.29, 1.82) is 0 Å². The van der Waals surface area contributed by atoms with E-state index in [1.54, 1.807) is 32.9 Å². The standard InChI is InChI=1S/C25H34N4O7S/c1-16-9-11-18(12-10-16)37(33,34)28-13-7-8-19(28)23(31)29(17(2)24(32)35-6)21-15-26-20(27-21)14-22(30)36-25(3,4)5/h9-12,15,17,19H,7-8,13-14H2,1-6H3,(H,26,27)/t17-,19-/m0/s1. The summed E-state index contributed by atoms with van der Waals surface area (Å²) in [4.78, 5) is 46.9. The average Bonchev–Trinajstić information content (AvgIpc) is 3.48. The van der Waals surface area contributed by atoms with E-state index >= 15 is 0 Å². The molecule has 0 bridgehead atoms. The van der Waals surface area contributed by atoms with Gasteiger partial charge in [0.15, 0.2) is 0 Å². The number of nitrogens with one attached hydrogen (secondary N) is 1. The Bertz CT molecular complexity index is 1250. The molecule has 1 N–H and O–H groups in total. The maximum atomic E-state index is 13.8. The van der Waals surface area contributed by atoms with Crippen molar-refractivity contribution in [2.75, 3.05) is 18.6 Å². The third-order valence-electron chi connectivity index (χ3n) is 5.89. The van der Waals surface area contributed by atoms with Crippen LogP contribution in [0.2, 0.25) is 0 Å². The van der Waals surface area contributed by atoms with E-state index in [0.717, 1.165) is 10.5 Å². The minimum atomic E-state index is -3.96. The van der Waals surface area contributed by atoms with Crippen LogP contribution in [0, 0.1) is 6.92 Å². The number of methoxy groups -OCH3 is 1. The third kappa shape index (κ3) is 6.55. The normalized spacial score (nSPS) is 17.3. The summed E-state index contributed by atoms with van der Waals surface area (Å²) >= 11 is 0. The molecule has 1 aliphatic rings. The number of esters is 2. The SMILES string of the molecule is COC(=O)[C@H](C)N(C(=O)[C@@H]1CCCN1S(=O)(=O)c1ccc(C)cc1)c1cnc(CC(=O)OC(C)(C)C)[nH]1. The Balaban J connectivity index is 1.92. The molecule has 11 nitrogen and oxygen atoms in total. The van der Waals surface area contributed by atoms with Crippen molar-refractivity contribution in [3.05, 3.63) is 41.9 Å². The van der Waals surface area contributed by atoms with E-state index in [-0.39, 0.29) is 35.9 Å². The highest BCUT2D eigenvalue weighted by Gasteiger charge is 2.44. The Morgan fingerprint density at radius 3 is 2.46 bits per heavy atom. The number of aromatic amines is 1. The van der Waals surface area contributed by atoms with Crippen LogP contribution in [-0.4, -0.2) is 71.9 Å². The van der Waals surface area contributed by atoms with E-state index in [1.807, 2.05) is 6.92 Å². The molecule has 1 fully saturated rings. The highest BCUT2D eigenvalue weighted by Crippen LogP contribution is 2.29. The van der Waals surface area contributed by atoms with Crippen molar-refractivity contribution in [3.63, 3.8) is 0 Å². The summed E-state index contributed by atoms with van der Waals surface area (Å²) in [5.74, 6) is -1.43. The largest absolute Gasteiger partial charge is 0.467 e. The molecule has 202 valence electrons. The van der Waals surface area contributed by atoms with Gasteiger partial charge in [0.25, 0.3) is 0 Å². The van der Waals surface area contributed by atoms with Crippen LogP contribution < -0.4 is 4.90 Å². The molecule has 2 aromatic rings. The van der Waals surface area contributed by atoms with Gasteiger partial charge in [-0.25, -0.2) is 18.2 Å². The number of carbonyl (C=O) groups excluding carboxylic acids is 3. The van der Waals surface area contributed by atoms with Gasteiger partial charge in [0.05, 0.1) is 18.2 Å². The molecule has 0 aliphatic carbocycles. The van der Waals surface area contributed by atoms with Gasteiger partial charge in [-0.1, -0.05) is 17.7 Å². The molecular formula is C25H34N4O7S. The van der Waals surface area contributed by atoms with E-state index in [2.05, 4.69) is 9.97 Å². The molecule has 1 aromatic heterocycles. The topological polar surface area (TPSA) is 139 Å². The summed E-state index contributed by atoms with van der Waals surface area (Å²) in [7, 11) is -2.76. The number of H-pyrrole nitrogens is 1. The number of sulfonamides is 1. The maximum absolute atomic E-state index is 13.8. The number of nitrogens with zero attached hydrogens (tertiary/aromatic N) is 3. The van der Waals surface area contributed by atoms with Gasteiger partial charge in [-0.3, -0.25) is 14.5 Å². The predicted octanol–water partition coefficient (Wildman–Crippen LogP) is 2.35. The zero-order chi connectivity index (χ0) is 27.5. The van der Waals surface area contributed by atoms with Crippen LogP contribution in [0.25, 0.3) is 0 Å². The summed E-state index contributed by atoms with van der Waals surface area (Å²) < 4.78 is 38.2. The Hall–Kier alpha value is -3.25. The van der Waals surface area contributed by atoms with Gasteiger partial charge in [-0.05, 0) is 59.6 Å². The van der Waals surface area contributed by atoms with Crippen LogP contribution >= 0.6 is 0 Å². The number of aromatic nitrogens is 2. The molecule has 1 aliphatic heterocycles. The van der Waals surface area contributed by atoms with Crippen molar-refractivity contribution in [2.45, 2.75) is 76.5 Å². The first-order chi connectivity index (χ1) is 17.2. The van der Waals surface area contributed by atoms with Gasteiger partial charge in [-0.15, -0.1) is 0 Å². The predicted molar refractivity (Wildman–Crippen MR) is 135 cm³/mol. The molecule has 3 rings (SSSR count). The fourth-order valence-corrected chi connectivity index (χ4v) is 5.80. The number of benzene rings is 1. The van der Waals surface area contributed by atoms with E-state index in [0.29, 0.717) is 6.42 Å². The van der Waals surface area contributed by atoms with Crippen LogP contribution in [0.3, 0.4) is 0 Å². The molecule has 0 unspecified atom stereocenters. The fraction of sp³-hybridized carbons (Fsp3) is 0.520. The lowest BCUT2D eigenvalue weighted by atomic mass is 10.1. The monoisotopic (exact) mass is 534 g/mol. The smallest absolute Gasteiger partial charge is 0.328 e. The number of ether oxygens (including phenoxy) is 2. The number of carbonyl (C=O) groups is 3. The van der Waals surface area contributed by atoms with E-state index in [9.17, 15) is 22.8 Å². The van der Waals surface area contributed by atoms with Gasteiger partial charge in [0.1, 0.15) is 35.7 Å². The summed E-state index contributed by atoms with van der Waals surface area (Å²) in [6.45, 7) is 8.73. The van der Waals surface area contributed by atoms with Gasteiger partial charge >= 0.3 is 11.9 Å². The number of imidazole rings is 1. The second-order valence-electron chi connectivity index (χ2n) is 9.97. The second-order valence-corrected chi connectivity index (χ2v) is 11.9. The number of anilines is 1. The van der Waals surface area contributed by atoms with Gasteiger partial charge in [-0.2, -0.15) is 4.31 Å². The van der Waals surface area contributed by atoms with Gasteiger partial charge in [0.2, 0.25) is 15.9 Å². The molecule has 0 saturated carbocycles. The number of aryl methyl sites for hydroxylation is 1. The molecule has 0 spiro atoms. The third-order valence-corrected chi connectivity index (χ3v) is 7.81.